The van der Waals surface area contributed by atoms with E-state index in [9.17, 15) is 19.5 Å². The number of aromatic nitrogens is 1. The van der Waals surface area contributed by atoms with Crippen molar-refractivity contribution in [2.75, 3.05) is 13.6 Å². The molecular formula is C12H16N2O6. The Morgan fingerprint density at radius 3 is 2.40 bits per heavy atom. The van der Waals surface area contributed by atoms with Crippen molar-refractivity contribution in [1.29, 1.82) is 0 Å². The summed E-state index contributed by atoms with van der Waals surface area (Å²) in [6.07, 6.45) is 0. The van der Waals surface area contributed by atoms with Gasteiger partial charge in [-0.25, -0.2) is 0 Å². The van der Waals surface area contributed by atoms with Gasteiger partial charge in [-0.2, -0.15) is 0 Å². The molecule has 1 aromatic rings. The van der Waals surface area contributed by atoms with Crippen molar-refractivity contribution < 1.29 is 24.9 Å². The number of hydrogen-bond acceptors (Lipinski definition) is 5. The van der Waals surface area contributed by atoms with Crippen molar-refractivity contribution in [1.82, 2.24) is 9.47 Å². The average molecular weight is 284 g/mol. The van der Waals surface area contributed by atoms with E-state index in [1.54, 1.807) is 6.92 Å². The topological polar surface area (TPSA) is 120 Å². The maximum atomic E-state index is 11.6. The summed E-state index contributed by atoms with van der Waals surface area (Å²) in [6, 6.07) is 1.14. The number of aryl methyl sites for hydroxylation is 1. The smallest absolute Gasteiger partial charge is 0.323 e. The molecule has 0 bridgehead atoms. The second kappa shape index (κ2) is 6.20. The third-order valence-corrected chi connectivity index (χ3v) is 2.72. The summed E-state index contributed by atoms with van der Waals surface area (Å²) in [5.74, 6) is -2.75. The monoisotopic (exact) mass is 284 g/mol. The molecule has 8 nitrogen and oxygen atoms in total. The van der Waals surface area contributed by atoms with Gasteiger partial charge in [-0.3, -0.25) is 19.3 Å². The van der Waals surface area contributed by atoms with Crippen LogP contribution in [0.25, 0.3) is 0 Å². The number of likely N-dealkylation sites (N-methyl/N-ethyl adjacent to an activating group) is 1. The SMILES string of the molecule is Cc1cc(=O)c(O)c(CN(C)CC(=O)O)n1CC(=O)O. The highest BCUT2D eigenvalue weighted by molar-refractivity contribution is 5.69. The van der Waals surface area contributed by atoms with Crippen LogP contribution in [-0.2, 0) is 22.7 Å². The number of carboxylic acids is 2. The Hall–Kier alpha value is -2.35. The van der Waals surface area contributed by atoms with Crippen molar-refractivity contribution in [3.05, 3.63) is 27.7 Å². The van der Waals surface area contributed by atoms with Gasteiger partial charge in [0.1, 0.15) is 6.54 Å². The van der Waals surface area contributed by atoms with Gasteiger partial charge in [0.15, 0.2) is 5.75 Å². The Morgan fingerprint density at radius 2 is 1.90 bits per heavy atom. The molecule has 1 aromatic heterocycles. The van der Waals surface area contributed by atoms with E-state index in [1.165, 1.54) is 16.5 Å². The summed E-state index contributed by atoms with van der Waals surface area (Å²) in [4.78, 5) is 34.4. The van der Waals surface area contributed by atoms with Crippen LogP contribution in [0, 0.1) is 6.92 Å². The lowest BCUT2D eigenvalue weighted by molar-refractivity contribution is -0.139. The summed E-state index contributed by atoms with van der Waals surface area (Å²) < 4.78 is 1.28. The van der Waals surface area contributed by atoms with E-state index in [-0.39, 0.29) is 18.8 Å². The van der Waals surface area contributed by atoms with Crippen LogP contribution in [0.4, 0.5) is 0 Å². The number of rotatable bonds is 6. The summed E-state index contributed by atoms with van der Waals surface area (Å²) >= 11 is 0. The maximum Gasteiger partial charge on any atom is 0.323 e. The van der Waals surface area contributed by atoms with Crippen molar-refractivity contribution >= 4 is 11.9 Å². The minimum Gasteiger partial charge on any atom is -0.503 e. The lowest BCUT2D eigenvalue weighted by Crippen LogP contribution is -2.29. The number of pyridine rings is 1. The Bertz CT molecular complexity index is 592. The summed E-state index contributed by atoms with van der Waals surface area (Å²) in [5, 5.41) is 27.4. The molecule has 0 atom stereocenters. The second-order valence-corrected chi connectivity index (χ2v) is 4.49. The van der Waals surface area contributed by atoms with Crippen LogP contribution in [0.5, 0.6) is 5.75 Å². The van der Waals surface area contributed by atoms with Crippen molar-refractivity contribution in [2.45, 2.75) is 20.0 Å². The molecule has 0 saturated carbocycles. The molecule has 0 saturated heterocycles. The zero-order valence-corrected chi connectivity index (χ0v) is 11.2. The van der Waals surface area contributed by atoms with Crippen molar-refractivity contribution in [3.8, 4) is 5.75 Å². The van der Waals surface area contributed by atoms with Crippen LogP contribution in [0.1, 0.15) is 11.4 Å². The van der Waals surface area contributed by atoms with Gasteiger partial charge in [0.25, 0.3) is 0 Å². The highest BCUT2D eigenvalue weighted by atomic mass is 16.4. The molecule has 0 aliphatic rings. The van der Waals surface area contributed by atoms with E-state index in [4.69, 9.17) is 10.2 Å². The molecule has 0 aliphatic carbocycles. The molecule has 0 unspecified atom stereocenters. The van der Waals surface area contributed by atoms with Crippen LogP contribution in [0.15, 0.2) is 10.9 Å². The van der Waals surface area contributed by atoms with E-state index in [0.717, 1.165) is 6.07 Å². The van der Waals surface area contributed by atoms with Gasteiger partial charge in [-0.15, -0.1) is 0 Å². The summed E-state index contributed by atoms with van der Waals surface area (Å²) in [5.41, 5.74) is -0.155. The normalized spacial score (nSPS) is 10.8. The molecule has 20 heavy (non-hydrogen) atoms. The van der Waals surface area contributed by atoms with Crippen LogP contribution in [0.2, 0.25) is 0 Å². The lowest BCUT2D eigenvalue weighted by Gasteiger charge is -2.20. The fraction of sp³-hybridized carbons (Fsp3) is 0.417. The predicted molar refractivity (Wildman–Crippen MR) is 68.7 cm³/mol. The fourth-order valence-electron chi connectivity index (χ4n) is 1.88. The van der Waals surface area contributed by atoms with Crippen LogP contribution in [0.3, 0.4) is 0 Å². The molecule has 8 heteroatoms. The van der Waals surface area contributed by atoms with Gasteiger partial charge in [0.05, 0.1) is 12.2 Å². The first kappa shape index (κ1) is 15.7. The van der Waals surface area contributed by atoms with E-state index in [2.05, 4.69) is 0 Å². The molecular weight excluding hydrogens is 268 g/mol. The van der Waals surface area contributed by atoms with Crippen molar-refractivity contribution in [2.24, 2.45) is 0 Å². The Kier molecular flexibility index (Phi) is 4.87. The first-order valence-electron chi connectivity index (χ1n) is 5.76. The number of hydrogen-bond donors (Lipinski definition) is 3. The molecule has 0 amide bonds. The minimum absolute atomic E-state index is 0.0532. The molecule has 110 valence electrons. The first-order valence-corrected chi connectivity index (χ1v) is 5.76. The number of carboxylic acid groups (broad SMARTS) is 2. The number of aliphatic carboxylic acids is 2. The zero-order valence-electron chi connectivity index (χ0n) is 11.2. The first-order chi connectivity index (χ1) is 9.22. The maximum absolute atomic E-state index is 11.6. The van der Waals surface area contributed by atoms with Gasteiger partial charge in [-0.1, -0.05) is 0 Å². The Labute approximate surface area is 114 Å². The average Bonchev–Trinajstić information content (AvgIpc) is 2.29. The molecule has 1 rings (SSSR count). The third-order valence-electron chi connectivity index (χ3n) is 2.72. The van der Waals surface area contributed by atoms with Crippen LogP contribution >= 0.6 is 0 Å². The lowest BCUT2D eigenvalue weighted by atomic mass is 10.2. The zero-order chi connectivity index (χ0) is 15.4. The van der Waals surface area contributed by atoms with Crippen molar-refractivity contribution in [3.63, 3.8) is 0 Å². The Morgan fingerprint density at radius 1 is 1.30 bits per heavy atom. The summed E-state index contributed by atoms with van der Waals surface area (Å²) in [6.45, 7) is 0.775. The van der Waals surface area contributed by atoms with Gasteiger partial charge in [-0.05, 0) is 14.0 Å². The highest BCUT2D eigenvalue weighted by Crippen LogP contribution is 2.16. The molecule has 1 heterocycles. The van der Waals surface area contributed by atoms with E-state index >= 15 is 0 Å². The predicted octanol–water partition coefficient (Wildman–Crippen LogP) is -0.537. The third kappa shape index (κ3) is 3.82. The van der Waals surface area contributed by atoms with Crippen LogP contribution < -0.4 is 5.43 Å². The van der Waals surface area contributed by atoms with Crippen LogP contribution in [-0.4, -0.2) is 50.3 Å². The quantitative estimate of drug-likeness (QED) is 0.641. The number of carbonyl (C=O) groups is 2. The molecule has 0 fully saturated rings. The summed E-state index contributed by atoms with van der Waals surface area (Å²) in [7, 11) is 1.49. The standard InChI is InChI=1S/C12H16N2O6/c1-7-3-9(15)12(20)8(14(7)6-11(18)19)4-13(2)5-10(16)17/h3,20H,4-6H2,1-2H3,(H,16,17)(H,18,19). The van der Waals surface area contributed by atoms with E-state index in [1.807, 2.05) is 0 Å². The molecule has 0 aliphatic heterocycles. The van der Waals surface area contributed by atoms with E-state index in [0.29, 0.717) is 5.69 Å². The number of aromatic hydroxyl groups is 1. The van der Waals surface area contributed by atoms with Gasteiger partial charge in [0, 0.05) is 18.3 Å². The molecule has 0 spiro atoms. The molecule has 3 N–H and O–H groups in total. The largest absolute Gasteiger partial charge is 0.503 e. The second-order valence-electron chi connectivity index (χ2n) is 4.49. The molecule has 0 radical (unpaired) electrons. The highest BCUT2D eigenvalue weighted by Gasteiger charge is 2.17. The van der Waals surface area contributed by atoms with Gasteiger partial charge < -0.3 is 19.9 Å². The number of nitrogens with zero attached hydrogens (tertiary/aromatic N) is 2. The molecule has 0 aromatic carbocycles. The Balaban J connectivity index is 3.23. The van der Waals surface area contributed by atoms with E-state index < -0.39 is 29.7 Å². The van der Waals surface area contributed by atoms with Gasteiger partial charge >= 0.3 is 11.9 Å². The van der Waals surface area contributed by atoms with Gasteiger partial charge in [0.2, 0.25) is 5.43 Å². The minimum atomic E-state index is -1.13. The fourth-order valence-corrected chi connectivity index (χ4v) is 1.88.